The van der Waals surface area contributed by atoms with Gasteiger partial charge in [0, 0.05) is 6.54 Å². The average Bonchev–Trinajstić information content (AvgIpc) is 2.89. The molecule has 1 saturated heterocycles. The molecule has 2 rings (SSSR count). The third-order valence-electron chi connectivity index (χ3n) is 3.48. The summed E-state index contributed by atoms with van der Waals surface area (Å²) in [5.74, 6) is -0.208. The first kappa shape index (κ1) is 13.3. The number of benzene rings is 1. The number of aliphatic hydroxyl groups is 1. The maximum Gasteiger partial charge on any atom is 0.165 e. The van der Waals surface area contributed by atoms with Crippen molar-refractivity contribution in [2.24, 2.45) is 0 Å². The van der Waals surface area contributed by atoms with Crippen LogP contribution in [0.5, 0.6) is 5.75 Å². The van der Waals surface area contributed by atoms with E-state index in [0.717, 1.165) is 19.6 Å². The maximum atomic E-state index is 13.5. The molecule has 0 spiro atoms. The minimum absolute atomic E-state index is 0.213. The van der Waals surface area contributed by atoms with Crippen LogP contribution in [0, 0.1) is 5.82 Å². The van der Waals surface area contributed by atoms with E-state index in [1.165, 1.54) is 26.0 Å². The Morgan fingerprint density at radius 3 is 2.72 bits per heavy atom. The Bertz CT molecular complexity index is 391. The fourth-order valence-corrected chi connectivity index (χ4v) is 2.37. The van der Waals surface area contributed by atoms with Crippen molar-refractivity contribution in [2.45, 2.75) is 25.4 Å². The van der Waals surface area contributed by atoms with Crippen molar-refractivity contribution in [3.8, 4) is 5.75 Å². The van der Waals surface area contributed by atoms with E-state index in [0.29, 0.717) is 12.0 Å². The molecule has 0 saturated carbocycles. The molecule has 1 N–H and O–H groups in total. The van der Waals surface area contributed by atoms with Crippen molar-refractivity contribution < 1.29 is 14.2 Å². The van der Waals surface area contributed by atoms with Crippen molar-refractivity contribution in [1.82, 2.24) is 4.90 Å². The number of aliphatic hydroxyl groups excluding tert-OH is 1. The molecule has 1 aliphatic rings. The molecule has 100 valence electrons. The summed E-state index contributed by atoms with van der Waals surface area (Å²) in [6.45, 7) is 3.10. The molecule has 18 heavy (non-hydrogen) atoms. The van der Waals surface area contributed by atoms with Crippen molar-refractivity contribution in [1.29, 1.82) is 0 Å². The van der Waals surface area contributed by atoms with Gasteiger partial charge in [-0.25, -0.2) is 4.39 Å². The van der Waals surface area contributed by atoms with Crippen molar-refractivity contribution in [3.63, 3.8) is 0 Å². The van der Waals surface area contributed by atoms with Crippen molar-refractivity contribution in [3.05, 3.63) is 29.6 Å². The molecule has 1 fully saturated rings. The van der Waals surface area contributed by atoms with Gasteiger partial charge in [-0.3, -0.25) is 0 Å². The summed E-state index contributed by atoms with van der Waals surface area (Å²) < 4.78 is 18.4. The number of hydrogen-bond donors (Lipinski definition) is 1. The third-order valence-corrected chi connectivity index (χ3v) is 3.48. The van der Waals surface area contributed by atoms with Gasteiger partial charge < -0.3 is 14.7 Å². The maximum absolute atomic E-state index is 13.5. The summed E-state index contributed by atoms with van der Waals surface area (Å²) in [4.78, 5) is 2.34. The third kappa shape index (κ3) is 3.21. The van der Waals surface area contributed by atoms with Gasteiger partial charge in [0.25, 0.3) is 0 Å². The van der Waals surface area contributed by atoms with E-state index in [1.54, 1.807) is 12.1 Å². The molecule has 0 bridgehead atoms. The Hall–Kier alpha value is -1.13. The lowest BCUT2D eigenvalue weighted by molar-refractivity contribution is 0.148. The number of likely N-dealkylation sites (tertiary alicyclic amines) is 1. The van der Waals surface area contributed by atoms with Crippen LogP contribution in [0.4, 0.5) is 4.39 Å². The fraction of sp³-hybridized carbons (Fsp3) is 0.571. The Kier molecular flexibility index (Phi) is 4.55. The zero-order valence-electron chi connectivity index (χ0n) is 10.7. The number of halogens is 1. The normalized spacial score (nSPS) is 17.9. The van der Waals surface area contributed by atoms with Gasteiger partial charge >= 0.3 is 0 Å². The van der Waals surface area contributed by atoms with Gasteiger partial charge in [0.2, 0.25) is 0 Å². The number of ether oxygens (including phenoxy) is 1. The van der Waals surface area contributed by atoms with Gasteiger partial charge in [0.05, 0.1) is 13.2 Å². The topological polar surface area (TPSA) is 32.7 Å². The minimum atomic E-state index is -0.606. The molecule has 1 heterocycles. The minimum Gasteiger partial charge on any atom is -0.494 e. The molecule has 1 aromatic carbocycles. The molecule has 0 amide bonds. The van der Waals surface area contributed by atoms with E-state index in [4.69, 9.17) is 4.74 Å². The number of nitrogens with zero attached hydrogens (tertiary/aromatic N) is 1. The molecule has 0 radical (unpaired) electrons. The lowest BCUT2D eigenvalue weighted by Gasteiger charge is -2.18. The van der Waals surface area contributed by atoms with Gasteiger partial charge in [-0.15, -0.1) is 0 Å². The van der Waals surface area contributed by atoms with E-state index >= 15 is 0 Å². The van der Waals surface area contributed by atoms with E-state index in [2.05, 4.69) is 4.90 Å². The predicted molar refractivity (Wildman–Crippen MR) is 68.2 cm³/mol. The molecule has 1 atom stereocenters. The number of rotatable bonds is 5. The molecular formula is C14H20FNO2. The van der Waals surface area contributed by atoms with Crippen LogP contribution in [0.25, 0.3) is 0 Å². The van der Waals surface area contributed by atoms with Gasteiger partial charge in [0.1, 0.15) is 0 Å². The Labute approximate surface area is 107 Å². The van der Waals surface area contributed by atoms with Crippen LogP contribution in [0.15, 0.2) is 18.2 Å². The summed E-state index contributed by atoms with van der Waals surface area (Å²) in [5.41, 5.74) is 0.618. The highest BCUT2D eigenvalue weighted by Crippen LogP contribution is 2.24. The van der Waals surface area contributed by atoms with Crippen LogP contribution in [-0.2, 0) is 0 Å². The monoisotopic (exact) mass is 253 g/mol. The lowest BCUT2D eigenvalue weighted by Crippen LogP contribution is -2.22. The lowest BCUT2D eigenvalue weighted by atomic mass is 10.1. The second-order valence-corrected chi connectivity index (χ2v) is 4.75. The van der Waals surface area contributed by atoms with E-state index in [9.17, 15) is 9.50 Å². The van der Waals surface area contributed by atoms with Crippen LogP contribution < -0.4 is 4.74 Å². The number of methoxy groups -OCH3 is 1. The zero-order chi connectivity index (χ0) is 13.0. The summed E-state index contributed by atoms with van der Waals surface area (Å²) in [5, 5.41) is 10.0. The van der Waals surface area contributed by atoms with Gasteiger partial charge in [-0.1, -0.05) is 6.07 Å². The molecule has 0 aliphatic carbocycles. The van der Waals surface area contributed by atoms with Crippen LogP contribution >= 0.6 is 0 Å². The molecule has 1 aromatic rings. The van der Waals surface area contributed by atoms with Gasteiger partial charge in [-0.2, -0.15) is 0 Å². The van der Waals surface area contributed by atoms with Gasteiger partial charge in [-0.05, 0) is 50.0 Å². The molecule has 1 unspecified atom stereocenters. The smallest absolute Gasteiger partial charge is 0.165 e. The molecular weight excluding hydrogens is 233 g/mol. The zero-order valence-corrected chi connectivity index (χ0v) is 10.7. The molecule has 1 aliphatic heterocycles. The highest BCUT2D eigenvalue weighted by atomic mass is 19.1. The van der Waals surface area contributed by atoms with Crippen molar-refractivity contribution in [2.75, 3.05) is 26.7 Å². The van der Waals surface area contributed by atoms with Crippen molar-refractivity contribution >= 4 is 0 Å². The predicted octanol–water partition coefficient (Wildman–Crippen LogP) is 2.35. The highest BCUT2D eigenvalue weighted by molar-refractivity contribution is 5.30. The molecule has 4 heteroatoms. The van der Waals surface area contributed by atoms with Gasteiger partial charge in [0.15, 0.2) is 11.6 Å². The van der Waals surface area contributed by atoms with E-state index in [-0.39, 0.29) is 5.75 Å². The summed E-state index contributed by atoms with van der Waals surface area (Å²) >= 11 is 0. The van der Waals surface area contributed by atoms with E-state index in [1.807, 2.05) is 0 Å². The quantitative estimate of drug-likeness (QED) is 0.874. The standard InChI is InChI=1S/C14H20FNO2/c1-18-14-5-4-11(10-12(14)15)13(17)6-9-16-7-2-3-8-16/h4-5,10,13,17H,2-3,6-9H2,1H3. The summed E-state index contributed by atoms with van der Waals surface area (Å²) in [7, 11) is 1.43. The first-order valence-corrected chi connectivity index (χ1v) is 6.44. The largest absolute Gasteiger partial charge is 0.494 e. The average molecular weight is 253 g/mol. The Morgan fingerprint density at radius 2 is 2.11 bits per heavy atom. The first-order chi connectivity index (χ1) is 8.70. The van der Waals surface area contributed by atoms with Crippen LogP contribution in [0.1, 0.15) is 30.9 Å². The van der Waals surface area contributed by atoms with Crippen LogP contribution in [0.2, 0.25) is 0 Å². The second kappa shape index (κ2) is 6.16. The van der Waals surface area contributed by atoms with E-state index < -0.39 is 11.9 Å². The molecule has 3 nitrogen and oxygen atoms in total. The Morgan fingerprint density at radius 1 is 1.39 bits per heavy atom. The fourth-order valence-electron chi connectivity index (χ4n) is 2.37. The second-order valence-electron chi connectivity index (χ2n) is 4.75. The number of hydrogen-bond acceptors (Lipinski definition) is 3. The van der Waals surface area contributed by atoms with Crippen LogP contribution in [-0.4, -0.2) is 36.8 Å². The summed E-state index contributed by atoms with van der Waals surface area (Å²) in [6.07, 6.45) is 2.53. The SMILES string of the molecule is COc1ccc(C(O)CCN2CCCC2)cc1F. The Balaban J connectivity index is 1.91. The highest BCUT2D eigenvalue weighted by Gasteiger charge is 2.15. The first-order valence-electron chi connectivity index (χ1n) is 6.44. The summed E-state index contributed by atoms with van der Waals surface area (Å²) in [6, 6.07) is 4.63. The van der Waals surface area contributed by atoms with Crippen LogP contribution in [0.3, 0.4) is 0 Å². The molecule has 0 aromatic heterocycles.